The number of anilines is 2. The maximum absolute atomic E-state index is 12.3. The normalized spacial score (nSPS) is 11.3. The summed E-state index contributed by atoms with van der Waals surface area (Å²) in [5, 5.41) is 0. The van der Waals surface area contributed by atoms with Crippen molar-refractivity contribution < 1.29 is 8.42 Å². The van der Waals surface area contributed by atoms with Crippen LogP contribution in [0.2, 0.25) is 0 Å². The molecule has 0 unspecified atom stereocenters. The fraction of sp³-hybridized carbons (Fsp3) is 0.143. The molecule has 0 amide bonds. The van der Waals surface area contributed by atoms with E-state index in [2.05, 4.69) is 20.7 Å². The number of hydrogen-bond acceptors (Lipinski definition) is 3. The zero-order valence-corrected chi connectivity index (χ0v) is 13.5. The fourth-order valence-corrected chi connectivity index (χ4v) is 3.53. The summed E-state index contributed by atoms with van der Waals surface area (Å²) in [7, 11) is -3.62. The van der Waals surface area contributed by atoms with Gasteiger partial charge in [0.05, 0.1) is 10.6 Å². The molecule has 3 N–H and O–H groups in total. The Bertz CT molecular complexity index is 758. The first-order chi connectivity index (χ1) is 9.31. The molecule has 6 heteroatoms. The standard InChI is InChI=1S/C14H15BrN2O2S/c1-9-6-7-13(10(2)14(9)16)17-20(18,19)12-5-3-4-11(15)8-12/h3-8,17H,16H2,1-2H3. The number of aryl methyl sites for hydroxylation is 1. The summed E-state index contributed by atoms with van der Waals surface area (Å²) in [6, 6.07) is 10.1. The lowest BCUT2D eigenvalue weighted by Gasteiger charge is -2.13. The first kappa shape index (κ1) is 14.9. The van der Waals surface area contributed by atoms with Crippen LogP contribution >= 0.6 is 15.9 Å². The van der Waals surface area contributed by atoms with E-state index in [0.717, 1.165) is 11.1 Å². The van der Waals surface area contributed by atoms with Crippen molar-refractivity contribution in [3.63, 3.8) is 0 Å². The topological polar surface area (TPSA) is 72.2 Å². The third kappa shape index (κ3) is 2.96. The Balaban J connectivity index is 2.41. The molecule has 4 nitrogen and oxygen atoms in total. The second-order valence-corrected chi connectivity index (χ2v) is 7.13. The van der Waals surface area contributed by atoms with Gasteiger partial charge in [0.25, 0.3) is 10.0 Å². The van der Waals surface area contributed by atoms with E-state index in [0.29, 0.717) is 15.8 Å². The highest BCUT2D eigenvalue weighted by molar-refractivity contribution is 9.10. The molecule has 20 heavy (non-hydrogen) atoms. The second kappa shape index (κ2) is 5.46. The molecule has 0 aliphatic carbocycles. The highest BCUT2D eigenvalue weighted by Gasteiger charge is 2.16. The van der Waals surface area contributed by atoms with Gasteiger partial charge in [-0.3, -0.25) is 4.72 Å². The number of rotatable bonds is 3. The van der Waals surface area contributed by atoms with Gasteiger partial charge >= 0.3 is 0 Å². The largest absolute Gasteiger partial charge is 0.398 e. The molecule has 0 fully saturated rings. The summed E-state index contributed by atoms with van der Waals surface area (Å²) in [4.78, 5) is 0.199. The molecule has 106 valence electrons. The van der Waals surface area contributed by atoms with Gasteiger partial charge in [-0.2, -0.15) is 0 Å². The lowest BCUT2D eigenvalue weighted by molar-refractivity contribution is 0.601. The van der Waals surface area contributed by atoms with Crippen molar-refractivity contribution in [2.24, 2.45) is 0 Å². The van der Waals surface area contributed by atoms with Crippen LogP contribution in [0.1, 0.15) is 11.1 Å². The quantitative estimate of drug-likeness (QED) is 0.829. The number of nitrogens with two attached hydrogens (primary N) is 1. The molecular formula is C14H15BrN2O2S. The van der Waals surface area contributed by atoms with Crippen LogP contribution < -0.4 is 10.5 Å². The summed E-state index contributed by atoms with van der Waals surface area (Å²) < 4.78 is 27.9. The maximum Gasteiger partial charge on any atom is 0.261 e. The number of sulfonamides is 1. The van der Waals surface area contributed by atoms with Gasteiger partial charge in [-0.1, -0.05) is 28.1 Å². The molecule has 0 aliphatic heterocycles. The van der Waals surface area contributed by atoms with Crippen LogP contribution in [0.5, 0.6) is 0 Å². The van der Waals surface area contributed by atoms with E-state index in [9.17, 15) is 8.42 Å². The minimum Gasteiger partial charge on any atom is -0.398 e. The van der Waals surface area contributed by atoms with Gasteiger partial charge in [0, 0.05) is 10.2 Å². The number of nitrogens with one attached hydrogen (secondary N) is 1. The summed E-state index contributed by atoms with van der Waals surface area (Å²) >= 11 is 3.26. The van der Waals surface area contributed by atoms with E-state index >= 15 is 0 Å². The molecule has 0 spiro atoms. The molecule has 0 bridgehead atoms. The second-order valence-electron chi connectivity index (χ2n) is 4.53. The van der Waals surface area contributed by atoms with E-state index in [1.807, 2.05) is 6.92 Å². The molecule has 2 aromatic rings. The number of halogens is 1. The van der Waals surface area contributed by atoms with Crippen molar-refractivity contribution in [3.8, 4) is 0 Å². The van der Waals surface area contributed by atoms with Gasteiger partial charge in [0.2, 0.25) is 0 Å². The third-order valence-electron chi connectivity index (χ3n) is 3.08. The Morgan fingerprint density at radius 2 is 1.85 bits per heavy atom. The van der Waals surface area contributed by atoms with Crippen LogP contribution in [0.15, 0.2) is 45.8 Å². The van der Waals surface area contributed by atoms with Gasteiger partial charge in [-0.15, -0.1) is 0 Å². The molecule has 0 saturated heterocycles. The highest BCUT2D eigenvalue weighted by atomic mass is 79.9. The van der Waals surface area contributed by atoms with Crippen molar-refractivity contribution in [1.82, 2.24) is 0 Å². The zero-order chi connectivity index (χ0) is 14.9. The molecule has 0 saturated carbocycles. The van der Waals surface area contributed by atoms with E-state index in [-0.39, 0.29) is 4.90 Å². The Labute approximate surface area is 127 Å². The summed E-state index contributed by atoms with van der Waals surface area (Å²) in [5.41, 5.74) is 8.66. The average Bonchev–Trinajstić information content (AvgIpc) is 2.39. The molecule has 0 radical (unpaired) electrons. The first-order valence-electron chi connectivity index (χ1n) is 5.95. The molecule has 0 aliphatic rings. The SMILES string of the molecule is Cc1ccc(NS(=O)(=O)c2cccc(Br)c2)c(C)c1N. The zero-order valence-electron chi connectivity index (χ0n) is 11.1. The lowest BCUT2D eigenvalue weighted by Crippen LogP contribution is -2.14. The van der Waals surface area contributed by atoms with E-state index in [1.54, 1.807) is 43.3 Å². The molecule has 0 aromatic heterocycles. The average molecular weight is 355 g/mol. The van der Waals surface area contributed by atoms with Gasteiger partial charge in [0.15, 0.2) is 0 Å². The lowest BCUT2D eigenvalue weighted by atomic mass is 10.1. The number of nitrogen functional groups attached to an aromatic ring is 1. The Morgan fingerprint density at radius 3 is 2.50 bits per heavy atom. The van der Waals surface area contributed by atoms with Crippen molar-refractivity contribution in [3.05, 3.63) is 52.0 Å². The molecule has 0 heterocycles. The smallest absolute Gasteiger partial charge is 0.261 e. The molecule has 2 rings (SSSR count). The third-order valence-corrected chi connectivity index (χ3v) is 4.94. The molecule has 0 atom stereocenters. The Morgan fingerprint density at radius 1 is 1.15 bits per heavy atom. The first-order valence-corrected chi connectivity index (χ1v) is 8.23. The van der Waals surface area contributed by atoms with Crippen LogP contribution in [-0.2, 0) is 10.0 Å². The van der Waals surface area contributed by atoms with Crippen LogP contribution in [0.3, 0.4) is 0 Å². The van der Waals surface area contributed by atoms with Crippen LogP contribution in [0.25, 0.3) is 0 Å². The van der Waals surface area contributed by atoms with E-state index < -0.39 is 10.0 Å². The highest BCUT2D eigenvalue weighted by Crippen LogP contribution is 2.27. The fourth-order valence-electron chi connectivity index (χ4n) is 1.81. The minimum absolute atomic E-state index is 0.199. The number of benzene rings is 2. The minimum atomic E-state index is -3.62. The van der Waals surface area contributed by atoms with Crippen molar-refractivity contribution >= 4 is 37.3 Å². The Hall–Kier alpha value is -1.53. The summed E-state index contributed by atoms with van der Waals surface area (Å²) in [6.07, 6.45) is 0. The summed E-state index contributed by atoms with van der Waals surface area (Å²) in [6.45, 7) is 3.68. The Kier molecular flexibility index (Phi) is 4.06. The predicted molar refractivity (Wildman–Crippen MR) is 85.3 cm³/mol. The maximum atomic E-state index is 12.3. The van der Waals surface area contributed by atoms with Gasteiger partial charge in [-0.05, 0) is 49.2 Å². The summed E-state index contributed by atoms with van der Waals surface area (Å²) in [5.74, 6) is 0. The predicted octanol–water partition coefficient (Wildman–Crippen LogP) is 3.45. The van der Waals surface area contributed by atoms with Gasteiger partial charge < -0.3 is 5.73 Å². The van der Waals surface area contributed by atoms with Gasteiger partial charge in [0.1, 0.15) is 0 Å². The van der Waals surface area contributed by atoms with Gasteiger partial charge in [-0.25, -0.2) is 8.42 Å². The number of hydrogen-bond donors (Lipinski definition) is 2. The van der Waals surface area contributed by atoms with Crippen LogP contribution in [-0.4, -0.2) is 8.42 Å². The van der Waals surface area contributed by atoms with Crippen molar-refractivity contribution in [1.29, 1.82) is 0 Å². The van der Waals surface area contributed by atoms with Crippen molar-refractivity contribution in [2.75, 3.05) is 10.5 Å². The monoisotopic (exact) mass is 354 g/mol. The molecular weight excluding hydrogens is 340 g/mol. The van der Waals surface area contributed by atoms with Crippen LogP contribution in [0.4, 0.5) is 11.4 Å². The van der Waals surface area contributed by atoms with Crippen molar-refractivity contribution in [2.45, 2.75) is 18.7 Å². The van der Waals surface area contributed by atoms with E-state index in [4.69, 9.17) is 5.73 Å². The molecule has 2 aromatic carbocycles. The van der Waals surface area contributed by atoms with E-state index in [1.165, 1.54) is 0 Å². The van der Waals surface area contributed by atoms with Crippen LogP contribution in [0, 0.1) is 13.8 Å².